The Morgan fingerprint density at radius 3 is 3.00 bits per heavy atom. The molecular weight excluding hydrogens is 304 g/mol. The summed E-state index contributed by atoms with van der Waals surface area (Å²) >= 11 is 6.18. The Balaban J connectivity index is 1.98. The number of benzene rings is 1. The SMILES string of the molecule is CCCOc1ccc(NC(=O)N2CCC[C@H]2COC)cc1Cl. The van der Waals surface area contributed by atoms with Gasteiger partial charge in [0.1, 0.15) is 5.75 Å². The van der Waals surface area contributed by atoms with Crippen LogP contribution in [-0.4, -0.2) is 43.8 Å². The highest BCUT2D eigenvalue weighted by atomic mass is 35.5. The first kappa shape index (κ1) is 16.9. The molecule has 5 nitrogen and oxygen atoms in total. The van der Waals surface area contributed by atoms with Gasteiger partial charge in [0, 0.05) is 19.3 Å². The lowest BCUT2D eigenvalue weighted by molar-refractivity contribution is 0.128. The van der Waals surface area contributed by atoms with Gasteiger partial charge in [-0.2, -0.15) is 0 Å². The molecule has 0 bridgehead atoms. The molecule has 122 valence electrons. The van der Waals surface area contributed by atoms with E-state index in [9.17, 15) is 4.79 Å². The van der Waals surface area contributed by atoms with Gasteiger partial charge in [-0.1, -0.05) is 18.5 Å². The van der Waals surface area contributed by atoms with Crippen molar-refractivity contribution in [3.8, 4) is 5.75 Å². The smallest absolute Gasteiger partial charge is 0.322 e. The fraction of sp³-hybridized carbons (Fsp3) is 0.562. The Morgan fingerprint density at radius 2 is 2.32 bits per heavy atom. The summed E-state index contributed by atoms with van der Waals surface area (Å²) in [6.07, 6.45) is 2.91. The third kappa shape index (κ3) is 4.27. The van der Waals surface area contributed by atoms with E-state index in [2.05, 4.69) is 5.32 Å². The van der Waals surface area contributed by atoms with Crippen molar-refractivity contribution < 1.29 is 14.3 Å². The number of urea groups is 1. The molecule has 2 rings (SSSR count). The number of methoxy groups -OCH3 is 1. The number of likely N-dealkylation sites (tertiary alicyclic amines) is 1. The van der Waals surface area contributed by atoms with Crippen LogP contribution in [0.25, 0.3) is 0 Å². The Hall–Kier alpha value is -1.46. The molecule has 1 fully saturated rings. The van der Waals surface area contributed by atoms with Gasteiger partial charge >= 0.3 is 6.03 Å². The summed E-state index contributed by atoms with van der Waals surface area (Å²) in [7, 11) is 1.66. The number of hydrogen-bond donors (Lipinski definition) is 1. The number of anilines is 1. The van der Waals surface area contributed by atoms with E-state index in [-0.39, 0.29) is 12.1 Å². The maximum atomic E-state index is 12.4. The van der Waals surface area contributed by atoms with Crippen LogP contribution in [0.3, 0.4) is 0 Å². The number of nitrogens with one attached hydrogen (secondary N) is 1. The Morgan fingerprint density at radius 1 is 1.50 bits per heavy atom. The van der Waals surface area contributed by atoms with E-state index in [1.165, 1.54) is 0 Å². The van der Waals surface area contributed by atoms with Crippen LogP contribution in [-0.2, 0) is 4.74 Å². The molecule has 1 aliphatic rings. The van der Waals surface area contributed by atoms with Gasteiger partial charge in [-0.15, -0.1) is 0 Å². The van der Waals surface area contributed by atoms with E-state index in [0.717, 1.165) is 25.8 Å². The molecule has 0 saturated carbocycles. The van der Waals surface area contributed by atoms with Gasteiger partial charge in [-0.25, -0.2) is 4.79 Å². The first-order valence-corrected chi connectivity index (χ1v) is 8.02. The minimum absolute atomic E-state index is 0.113. The minimum atomic E-state index is -0.113. The fourth-order valence-electron chi connectivity index (χ4n) is 2.57. The maximum absolute atomic E-state index is 12.4. The zero-order chi connectivity index (χ0) is 15.9. The molecule has 1 N–H and O–H groups in total. The number of hydrogen-bond acceptors (Lipinski definition) is 3. The molecule has 0 spiro atoms. The summed E-state index contributed by atoms with van der Waals surface area (Å²) in [6, 6.07) is 5.33. The van der Waals surface area contributed by atoms with Gasteiger partial charge < -0.3 is 19.7 Å². The van der Waals surface area contributed by atoms with Gasteiger partial charge in [-0.05, 0) is 37.5 Å². The molecule has 0 radical (unpaired) electrons. The van der Waals surface area contributed by atoms with Gasteiger partial charge in [0.2, 0.25) is 0 Å². The van der Waals surface area contributed by atoms with Crippen molar-refractivity contribution in [2.24, 2.45) is 0 Å². The Kier molecular flexibility index (Phi) is 6.34. The highest BCUT2D eigenvalue weighted by Crippen LogP contribution is 2.28. The van der Waals surface area contributed by atoms with Crippen molar-refractivity contribution in [3.63, 3.8) is 0 Å². The van der Waals surface area contributed by atoms with Gasteiger partial charge in [0.25, 0.3) is 0 Å². The zero-order valence-corrected chi connectivity index (χ0v) is 13.9. The second kappa shape index (κ2) is 8.25. The number of halogens is 1. The fourth-order valence-corrected chi connectivity index (χ4v) is 2.81. The normalized spacial score (nSPS) is 17.6. The summed E-state index contributed by atoms with van der Waals surface area (Å²) in [4.78, 5) is 14.2. The molecule has 0 aromatic heterocycles. The largest absolute Gasteiger partial charge is 0.492 e. The lowest BCUT2D eigenvalue weighted by atomic mass is 10.2. The number of rotatable bonds is 6. The average Bonchev–Trinajstić information content (AvgIpc) is 2.95. The van der Waals surface area contributed by atoms with Crippen LogP contribution in [0, 0.1) is 0 Å². The molecule has 1 aliphatic heterocycles. The lowest BCUT2D eigenvalue weighted by Gasteiger charge is -2.24. The zero-order valence-electron chi connectivity index (χ0n) is 13.1. The summed E-state index contributed by atoms with van der Waals surface area (Å²) in [5.41, 5.74) is 0.668. The standard InChI is InChI=1S/C16H23ClN2O3/c1-3-9-22-15-7-6-12(10-14(15)17)18-16(20)19-8-4-5-13(19)11-21-2/h6-7,10,13H,3-5,8-9,11H2,1-2H3,(H,18,20)/t13-/m0/s1. The van der Waals surface area contributed by atoms with Crippen molar-refractivity contribution in [2.75, 3.05) is 32.2 Å². The van der Waals surface area contributed by atoms with Crippen LogP contribution in [0.1, 0.15) is 26.2 Å². The van der Waals surface area contributed by atoms with Crippen LogP contribution in [0.4, 0.5) is 10.5 Å². The summed E-state index contributed by atoms with van der Waals surface area (Å²) in [5.74, 6) is 0.639. The molecule has 1 aromatic rings. The second-order valence-corrected chi connectivity index (χ2v) is 5.78. The molecule has 2 amide bonds. The first-order chi connectivity index (χ1) is 10.7. The topological polar surface area (TPSA) is 50.8 Å². The number of carbonyl (C=O) groups is 1. The van der Waals surface area contributed by atoms with Crippen LogP contribution < -0.4 is 10.1 Å². The molecule has 0 unspecified atom stereocenters. The maximum Gasteiger partial charge on any atom is 0.322 e. The monoisotopic (exact) mass is 326 g/mol. The van der Waals surface area contributed by atoms with Crippen LogP contribution >= 0.6 is 11.6 Å². The molecule has 1 saturated heterocycles. The number of ether oxygens (including phenoxy) is 2. The van der Waals surface area contributed by atoms with E-state index in [1.807, 2.05) is 11.8 Å². The third-order valence-corrected chi connectivity index (χ3v) is 3.94. The average molecular weight is 327 g/mol. The van der Waals surface area contributed by atoms with Crippen molar-refractivity contribution in [1.82, 2.24) is 4.90 Å². The van der Waals surface area contributed by atoms with E-state index >= 15 is 0 Å². The number of amides is 2. The lowest BCUT2D eigenvalue weighted by Crippen LogP contribution is -2.40. The van der Waals surface area contributed by atoms with Gasteiger partial charge in [0.05, 0.1) is 24.3 Å². The quantitative estimate of drug-likeness (QED) is 0.865. The Bertz CT molecular complexity index is 510. The summed E-state index contributed by atoms with van der Waals surface area (Å²) < 4.78 is 10.7. The first-order valence-electron chi connectivity index (χ1n) is 7.64. The number of nitrogens with zero attached hydrogens (tertiary/aromatic N) is 1. The van der Waals surface area contributed by atoms with E-state index in [1.54, 1.807) is 25.3 Å². The number of carbonyl (C=O) groups excluding carboxylic acids is 1. The summed E-state index contributed by atoms with van der Waals surface area (Å²) in [5, 5.41) is 3.39. The van der Waals surface area contributed by atoms with Gasteiger partial charge in [-0.3, -0.25) is 0 Å². The third-order valence-electron chi connectivity index (χ3n) is 3.64. The van der Waals surface area contributed by atoms with Crippen molar-refractivity contribution >= 4 is 23.3 Å². The molecular formula is C16H23ClN2O3. The molecule has 22 heavy (non-hydrogen) atoms. The highest BCUT2D eigenvalue weighted by Gasteiger charge is 2.28. The van der Waals surface area contributed by atoms with Crippen LogP contribution in [0.5, 0.6) is 5.75 Å². The van der Waals surface area contributed by atoms with Gasteiger partial charge in [0.15, 0.2) is 0 Å². The van der Waals surface area contributed by atoms with Crippen molar-refractivity contribution in [1.29, 1.82) is 0 Å². The van der Waals surface area contributed by atoms with Crippen molar-refractivity contribution in [3.05, 3.63) is 23.2 Å². The minimum Gasteiger partial charge on any atom is -0.492 e. The van der Waals surface area contributed by atoms with E-state index in [4.69, 9.17) is 21.1 Å². The van der Waals surface area contributed by atoms with Crippen LogP contribution in [0.2, 0.25) is 5.02 Å². The van der Waals surface area contributed by atoms with Crippen LogP contribution in [0.15, 0.2) is 18.2 Å². The predicted octanol–water partition coefficient (Wildman–Crippen LogP) is 3.77. The molecule has 1 aromatic carbocycles. The Labute approximate surface area is 136 Å². The second-order valence-electron chi connectivity index (χ2n) is 5.37. The highest BCUT2D eigenvalue weighted by molar-refractivity contribution is 6.32. The molecule has 1 atom stereocenters. The van der Waals surface area contributed by atoms with Crippen molar-refractivity contribution in [2.45, 2.75) is 32.2 Å². The molecule has 0 aliphatic carbocycles. The summed E-state index contributed by atoms with van der Waals surface area (Å²) in [6.45, 7) is 3.98. The predicted molar refractivity (Wildman–Crippen MR) is 87.9 cm³/mol. The molecule has 1 heterocycles. The van der Waals surface area contributed by atoms with E-state index < -0.39 is 0 Å². The molecule has 6 heteroatoms. The van der Waals surface area contributed by atoms with E-state index in [0.29, 0.717) is 29.7 Å².